The Bertz CT molecular complexity index is 2490. The summed E-state index contributed by atoms with van der Waals surface area (Å²) in [4.78, 5) is 28.7. The molecule has 2 aliphatic heterocycles. The highest BCUT2D eigenvalue weighted by molar-refractivity contribution is 5.89. The Kier molecular flexibility index (Phi) is 17.9. The molecule has 4 aromatic carbocycles. The molecule has 1 fully saturated rings. The van der Waals surface area contributed by atoms with Crippen LogP contribution in [-0.2, 0) is 48.6 Å². The lowest BCUT2D eigenvalue weighted by Crippen LogP contribution is -2.54. The van der Waals surface area contributed by atoms with Gasteiger partial charge < -0.3 is 36.1 Å². The number of nitrogens with one attached hydrogen (secondary N) is 2. The zero-order chi connectivity index (χ0) is 50.0. The number of piperidine rings is 1. The number of unbranched alkanes of at least 4 members (excludes halogenated alkanes) is 3. The average molecular weight is 956 g/mol. The summed E-state index contributed by atoms with van der Waals surface area (Å²) in [5, 5.41) is 37.7. The number of nitrogens with two attached hydrogens (primary N) is 1. The molecule has 6 N–H and O–H groups in total. The summed E-state index contributed by atoms with van der Waals surface area (Å²) in [6.07, 6.45) is 7.37. The van der Waals surface area contributed by atoms with Gasteiger partial charge in [-0.05, 0) is 125 Å². The van der Waals surface area contributed by atoms with E-state index < -0.39 is 29.7 Å². The molecule has 13 nitrogen and oxygen atoms in total. The van der Waals surface area contributed by atoms with Gasteiger partial charge in [0.15, 0.2) is 11.5 Å². The van der Waals surface area contributed by atoms with E-state index in [9.17, 15) is 19.8 Å². The molecule has 2 amide bonds. The van der Waals surface area contributed by atoms with Crippen molar-refractivity contribution in [2.45, 2.75) is 168 Å². The number of amides is 2. The van der Waals surface area contributed by atoms with Crippen LogP contribution in [0.25, 0.3) is 0 Å². The Morgan fingerprint density at radius 3 is 2.10 bits per heavy atom. The van der Waals surface area contributed by atoms with E-state index in [0.29, 0.717) is 64.2 Å². The van der Waals surface area contributed by atoms with E-state index in [0.717, 1.165) is 66.8 Å². The summed E-state index contributed by atoms with van der Waals surface area (Å²) < 4.78 is 15.1. The summed E-state index contributed by atoms with van der Waals surface area (Å²) in [5.74, 6) is 0.707. The number of aryl methyl sites for hydroxylation is 5. The normalized spacial score (nSPS) is 19.2. The molecule has 7 rings (SSSR count). The number of fused-ring (bicyclic) bond motifs is 3. The van der Waals surface area contributed by atoms with Crippen molar-refractivity contribution >= 4 is 11.8 Å². The SMILES string of the molecule is Cc1cc(C)cc(COc2cc3c(cc2OCc2cc(C)cc(C)c2)[C@H]2C[C@](O)(Cc4cn(CCCCCCNC(=O)[C@@H](CC(C)C)NC(=O)[C@@H](O)[C@H](N)Cc5ccccc5)nn4)C[C@H](C)N2CC3)c1. The predicted octanol–water partition coefficient (Wildman–Crippen LogP) is 7.86. The van der Waals surface area contributed by atoms with Gasteiger partial charge in [-0.25, -0.2) is 0 Å². The molecule has 376 valence electrons. The van der Waals surface area contributed by atoms with Crippen molar-refractivity contribution < 1.29 is 29.3 Å². The van der Waals surface area contributed by atoms with Crippen LogP contribution in [0.1, 0.15) is 128 Å². The second-order valence-electron chi connectivity index (χ2n) is 20.9. The van der Waals surface area contributed by atoms with E-state index in [1.165, 1.54) is 33.4 Å². The van der Waals surface area contributed by atoms with Crippen LogP contribution in [0.2, 0.25) is 0 Å². The summed E-state index contributed by atoms with van der Waals surface area (Å²) in [6, 6.07) is 25.5. The van der Waals surface area contributed by atoms with E-state index in [2.05, 4.69) is 109 Å². The molecular formula is C57H77N7O6. The second kappa shape index (κ2) is 24.0. The molecule has 3 heterocycles. The number of carbonyl (C=O) groups is 2. The number of rotatable bonds is 23. The first-order valence-corrected chi connectivity index (χ1v) is 25.5. The highest BCUT2D eigenvalue weighted by atomic mass is 16.5. The van der Waals surface area contributed by atoms with Crippen molar-refractivity contribution in [3.8, 4) is 11.5 Å². The van der Waals surface area contributed by atoms with Crippen LogP contribution in [0.3, 0.4) is 0 Å². The Balaban J connectivity index is 0.907. The Labute approximate surface area is 415 Å². The van der Waals surface area contributed by atoms with Crippen molar-refractivity contribution in [1.29, 1.82) is 0 Å². The minimum atomic E-state index is -1.44. The Morgan fingerprint density at radius 1 is 0.829 bits per heavy atom. The molecule has 0 spiro atoms. The topological polar surface area (TPSA) is 177 Å². The van der Waals surface area contributed by atoms with Crippen molar-refractivity contribution in [2.24, 2.45) is 11.7 Å². The van der Waals surface area contributed by atoms with Crippen molar-refractivity contribution in [3.63, 3.8) is 0 Å². The van der Waals surface area contributed by atoms with Gasteiger partial charge in [-0.1, -0.05) is 121 Å². The van der Waals surface area contributed by atoms with Gasteiger partial charge >= 0.3 is 0 Å². The molecule has 0 saturated carbocycles. The summed E-state index contributed by atoms with van der Waals surface area (Å²) in [5.41, 5.74) is 16.4. The monoisotopic (exact) mass is 956 g/mol. The fraction of sp³-hybridized carbons (Fsp3) is 0.509. The number of carbonyl (C=O) groups excluding carboxylic acids is 2. The van der Waals surface area contributed by atoms with Gasteiger partial charge in [0.05, 0.1) is 11.3 Å². The van der Waals surface area contributed by atoms with Crippen LogP contribution in [0.4, 0.5) is 0 Å². The van der Waals surface area contributed by atoms with Crippen LogP contribution in [0.15, 0.2) is 85.1 Å². The third-order valence-electron chi connectivity index (χ3n) is 13.8. The Morgan fingerprint density at radius 2 is 1.46 bits per heavy atom. The van der Waals surface area contributed by atoms with Gasteiger partial charge in [0, 0.05) is 50.4 Å². The van der Waals surface area contributed by atoms with Gasteiger partial charge in [-0.3, -0.25) is 19.2 Å². The molecule has 0 aliphatic carbocycles. The van der Waals surface area contributed by atoms with Gasteiger partial charge in [0.25, 0.3) is 5.91 Å². The number of ether oxygens (including phenoxy) is 2. The van der Waals surface area contributed by atoms with Crippen LogP contribution < -0.4 is 25.8 Å². The second-order valence-corrected chi connectivity index (χ2v) is 20.9. The fourth-order valence-corrected chi connectivity index (χ4v) is 10.7. The van der Waals surface area contributed by atoms with Crippen molar-refractivity contribution in [1.82, 2.24) is 30.5 Å². The van der Waals surface area contributed by atoms with E-state index in [4.69, 9.17) is 15.2 Å². The molecule has 2 aliphatic rings. The highest BCUT2D eigenvalue weighted by Gasteiger charge is 2.45. The molecule has 5 aromatic rings. The maximum atomic E-state index is 13.2. The maximum Gasteiger partial charge on any atom is 0.251 e. The lowest BCUT2D eigenvalue weighted by atomic mass is 9.75. The minimum absolute atomic E-state index is 0.0104. The standard InChI is InChI=1S/C57H77N7O6/c1-37(2)21-50(60-56(67)54(65)49(58)28-43-15-11-10-12-16-43)55(66)59-18-13-8-9-14-19-63-34-47(61-62-63)32-57(68)31-42(7)64-20-17-46-29-52(69-35-44-24-38(3)22-39(4)25-44)53(30-48(46)51(64)33-57)70-36-45-26-40(5)23-41(6)27-45/h10-12,15-16,22-27,29-30,34,37,42,49-51,54,65,68H,8-9,13-14,17-21,28,31-33,35-36,58H2,1-7H3,(H,59,66)(H,60,67)/t42-,49+,50+,51+,54-,57+/m0/s1. The average Bonchev–Trinajstić information content (AvgIpc) is 3.74. The largest absolute Gasteiger partial charge is 0.485 e. The maximum absolute atomic E-state index is 13.2. The first-order chi connectivity index (χ1) is 33.5. The lowest BCUT2D eigenvalue weighted by molar-refractivity contribution is -0.135. The number of nitrogens with zero attached hydrogens (tertiary/aromatic N) is 4. The van der Waals surface area contributed by atoms with Crippen molar-refractivity contribution in [3.05, 3.63) is 141 Å². The molecule has 0 unspecified atom stereocenters. The van der Waals surface area contributed by atoms with E-state index >= 15 is 0 Å². The van der Waals surface area contributed by atoms with Crippen LogP contribution in [-0.4, -0.2) is 84.8 Å². The van der Waals surface area contributed by atoms with E-state index in [-0.39, 0.29) is 23.9 Å². The van der Waals surface area contributed by atoms with E-state index in [1.54, 1.807) is 0 Å². The predicted molar refractivity (Wildman–Crippen MR) is 274 cm³/mol. The molecular weight excluding hydrogens is 879 g/mol. The number of aromatic nitrogens is 3. The highest BCUT2D eigenvalue weighted by Crippen LogP contribution is 2.47. The number of hydrogen-bond acceptors (Lipinski definition) is 10. The van der Waals surface area contributed by atoms with Crippen molar-refractivity contribution in [2.75, 3.05) is 13.1 Å². The number of aliphatic hydroxyl groups excluding tert-OH is 1. The molecule has 0 radical (unpaired) electrons. The number of benzene rings is 4. The zero-order valence-electron chi connectivity index (χ0n) is 42.5. The number of aliphatic hydroxyl groups is 2. The molecule has 1 saturated heterocycles. The van der Waals surface area contributed by atoms with Gasteiger partial charge in [0.2, 0.25) is 5.91 Å². The Hall–Kier alpha value is -5.60. The molecule has 0 bridgehead atoms. The van der Waals surface area contributed by atoms with Crippen LogP contribution in [0, 0.1) is 33.6 Å². The smallest absolute Gasteiger partial charge is 0.251 e. The van der Waals surface area contributed by atoms with Gasteiger partial charge in [0.1, 0.15) is 25.4 Å². The molecule has 6 atom stereocenters. The zero-order valence-corrected chi connectivity index (χ0v) is 42.5. The minimum Gasteiger partial charge on any atom is -0.485 e. The summed E-state index contributed by atoms with van der Waals surface area (Å²) >= 11 is 0. The third-order valence-corrected chi connectivity index (χ3v) is 13.8. The third kappa shape index (κ3) is 14.5. The molecule has 70 heavy (non-hydrogen) atoms. The summed E-state index contributed by atoms with van der Waals surface area (Å²) in [6.45, 7) is 17.6. The first-order valence-electron chi connectivity index (χ1n) is 25.5. The van der Waals surface area contributed by atoms with E-state index in [1.807, 2.05) is 55.1 Å². The van der Waals surface area contributed by atoms with Gasteiger partial charge in [-0.15, -0.1) is 5.10 Å². The lowest BCUT2D eigenvalue weighted by Gasteiger charge is -2.50. The fourth-order valence-electron chi connectivity index (χ4n) is 10.7. The van der Waals surface area contributed by atoms with Gasteiger partial charge in [-0.2, -0.15) is 0 Å². The molecule has 13 heteroatoms. The first kappa shape index (κ1) is 52.2. The number of hydrogen-bond donors (Lipinski definition) is 5. The van der Waals surface area contributed by atoms with Crippen LogP contribution in [0.5, 0.6) is 11.5 Å². The van der Waals surface area contributed by atoms with Crippen LogP contribution >= 0.6 is 0 Å². The summed E-state index contributed by atoms with van der Waals surface area (Å²) in [7, 11) is 0. The quantitative estimate of drug-likeness (QED) is 0.0405. The molecule has 1 aromatic heterocycles.